The van der Waals surface area contributed by atoms with Crippen molar-refractivity contribution < 1.29 is 4.79 Å². The Kier molecular flexibility index (Phi) is 7.72. The summed E-state index contributed by atoms with van der Waals surface area (Å²) in [5.74, 6) is 3.13. The standard InChI is InChI=1S/C18H36N2O/c1-12(2)8-15(11-19)10-18(21)20-17-9-14(5)6-7-16(17)13(3)4/h12-17H,6-11,19H2,1-5H3,(H,20,21)/t14?,15-,16?,17?/m0/s1. The van der Waals surface area contributed by atoms with E-state index in [1.807, 2.05) is 0 Å². The van der Waals surface area contributed by atoms with Crippen LogP contribution in [-0.4, -0.2) is 18.5 Å². The van der Waals surface area contributed by atoms with E-state index in [1.165, 1.54) is 12.8 Å². The Morgan fingerprint density at radius 1 is 1.24 bits per heavy atom. The summed E-state index contributed by atoms with van der Waals surface area (Å²) < 4.78 is 0. The lowest BCUT2D eigenvalue weighted by Crippen LogP contribution is -2.46. The van der Waals surface area contributed by atoms with Gasteiger partial charge in [-0.1, -0.05) is 41.0 Å². The average Bonchev–Trinajstić information content (AvgIpc) is 2.36. The van der Waals surface area contributed by atoms with Gasteiger partial charge in [-0.25, -0.2) is 0 Å². The molecule has 0 spiro atoms. The molecule has 0 bridgehead atoms. The molecule has 1 saturated carbocycles. The molecule has 0 aromatic rings. The number of carbonyl (C=O) groups excluding carboxylic acids is 1. The smallest absolute Gasteiger partial charge is 0.220 e. The van der Waals surface area contributed by atoms with Crippen LogP contribution < -0.4 is 11.1 Å². The minimum atomic E-state index is 0.204. The molecule has 0 aliphatic heterocycles. The lowest BCUT2D eigenvalue weighted by Gasteiger charge is -2.38. The number of rotatable bonds is 7. The molecule has 1 aliphatic carbocycles. The van der Waals surface area contributed by atoms with Crippen molar-refractivity contribution in [1.82, 2.24) is 5.32 Å². The first-order valence-electron chi connectivity index (χ1n) is 8.82. The molecular formula is C18H36N2O. The third-order valence-corrected chi connectivity index (χ3v) is 4.98. The molecule has 1 rings (SSSR count). The second kappa shape index (κ2) is 8.77. The summed E-state index contributed by atoms with van der Waals surface area (Å²) in [7, 11) is 0. The van der Waals surface area contributed by atoms with Crippen molar-refractivity contribution in [2.75, 3.05) is 6.54 Å². The van der Waals surface area contributed by atoms with Crippen LogP contribution in [0.2, 0.25) is 0 Å². The summed E-state index contributed by atoms with van der Waals surface area (Å²) in [6.45, 7) is 11.9. The van der Waals surface area contributed by atoms with Gasteiger partial charge in [-0.2, -0.15) is 0 Å². The van der Waals surface area contributed by atoms with Crippen molar-refractivity contribution in [3.8, 4) is 0 Å². The van der Waals surface area contributed by atoms with E-state index in [0.717, 1.165) is 18.8 Å². The summed E-state index contributed by atoms with van der Waals surface area (Å²) in [6.07, 6.45) is 5.30. The second-order valence-corrected chi connectivity index (χ2v) is 7.94. The van der Waals surface area contributed by atoms with Crippen molar-refractivity contribution in [2.45, 2.75) is 72.8 Å². The fourth-order valence-corrected chi connectivity index (χ4v) is 3.83. The SMILES string of the molecule is CC(C)C[C@H](CN)CC(=O)NC1CC(C)CCC1C(C)C. The molecule has 1 fully saturated rings. The van der Waals surface area contributed by atoms with Gasteiger partial charge in [0.25, 0.3) is 0 Å². The molecule has 4 atom stereocenters. The molecule has 3 heteroatoms. The number of nitrogens with one attached hydrogen (secondary N) is 1. The zero-order chi connectivity index (χ0) is 16.0. The summed E-state index contributed by atoms with van der Waals surface area (Å²) >= 11 is 0. The van der Waals surface area contributed by atoms with Crippen LogP contribution in [0.5, 0.6) is 0 Å². The van der Waals surface area contributed by atoms with E-state index < -0.39 is 0 Å². The predicted octanol–water partition coefficient (Wildman–Crippen LogP) is 3.57. The molecule has 3 N–H and O–H groups in total. The topological polar surface area (TPSA) is 55.1 Å². The van der Waals surface area contributed by atoms with Crippen LogP contribution in [0, 0.1) is 29.6 Å². The van der Waals surface area contributed by atoms with E-state index in [9.17, 15) is 4.79 Å². The normalized spacial score (nSPS) is 27.9. The molecule has 3 unspecified atom stereocenters. The Morgan fingerprint density at radius 3 is 2.43 bits per heavy atom. The average molecular weight is 296 g/mol. The highest BCUT2D eigenvalue weighted by Gasteiger charge is 2.31. The van der Waals surface area contributed by atoms with Gasteiger partial charge in [0, 0.05) is 12.5 Å². The Bertz CT molecular complexity index is 314. The second-order valence-electron chi connectivity index (χ2n) is 7.94. The quantitative estimate of drug-likeness (QED) is 0.754. The Morgan fingerprint density at radius 2 is 1.90 bits per heavy atom. The van der Waals surface area contributed by atoms with Gasteiger partial charge in [-0.15, -0.1) is 0 Å². The van der Waals surface area contributed by atoms with Gasteiger partial charge in [0.05, 0.1) is 0 Å². The minimum Gasteiger partial charge on any atom is -0.353 e. The molecular weight excluding hydrogens is 260 g/mol. The highest BCUT2D eigenvalue weighted by molar-refractivity contribution is 5.76. The number of amides is 1. The maximum Gasteiger partial charge on any atom is 0.220 e. The molecule has 1 aliphatic rings. The molecule has 1 amide bonds. The third kappa shape index (κ3) is 6.37. The van der Waals surface area contributed by atoms with Crippen molar-refractivity contribution >= 4 is 5.91 Å². The largest absolute Gasteiger partial charge is 0.353 e. The highest BCUT2D eigenvalue weighted by Crippen LogP contribution is 2.33. The molecule has 21 heavy (non-hydrogen) atoms. The minimum absolute atomic E-state index is 0.204. The van der Waals surface area contributed by atoms with E-state index in [2.05, 4.69) is 39.9 Å². The van der Waals surface area contributed by atoms with E-state index >= 15 is 0 Å². The fourth-order valence-electron chi connectivity index (χ4n) is 3.83. The Balaban J connectivity index is 2.53. The summed E-state index contributed by atoms with van der Waals surface area (Å²) in [5, 5.41) is 3.32. The molecule has 0 aromatic carbocycles. The van der Waals surface area contributed by atoms with Crippen LogP contribution in [0.4, 0.5) is 0 Å². The summed E-state index contributed by atoms with van der Waals surface area (Å²) in [5.41, 5.74) is 5.82. The molecule has 0 aromatic heterocycles. The lowest BCUT2D eigenvalue weighted by atomic mass is 9.74. The first-order chi connectivity index (χ1) is 9.83. The van der Waals surface area contributed by atoms with Crippen LogP contribution in [0.15, 0.2) is 0 Å². The number of carbonyl (C=O) groups is 1. The molecule has 0 radical (unpaired) electrons. The van der Waals surface area contributed by atoms with E-state index in [-0.39, 0.29) is 5.91 Å². The van der Waals surface area contributed by atoms with Gasteiger partial charge in [0.15, 0.2) is 0 Å². The number of hydrogen-bond donors (Lipinski definition) is 2. The Hall–Kier alpha value is -0.570. The van der Waals surface area contributed by atoms with Gasteiger partial charge in [0.2, 0.25) is 5.91 Å². The zero-order valence-corrected chi connectivity index (χ0v) is 14.7. The van der Waals surface area contributed by atoms with Gasteiger partial charge >= 0.3 is 0 Å². The van der Waals surface area contributed by atoms with Crippen molar-refractivity contribution in [3.63, 3.8) is 0 Å². The monoisotopic (exact) mass is 296 g/mol. The van der Waals surface area contributed by atoms with Crippen LogP contribution in [0.3, 0.4) is 0 Å². The van der Waals surface area contributed by atoms with Crippen molar-refractivity contribution in [2.24, 2.45) is 35.3 Å². The third-order valence-electron chi connectivity index (χ3n) is 4.98. The fraction of sp³-hybridized carbons (Fsp3) is 0.944. The van der Waals surface area contributed by atoms with Crippen molar-refractivity contribution in [3.05, 3.63) is 0 Å². The molecule has 0 saturated heterocycles. The summed E-state index contributed by atoms with van der Waals surface area (Å²) in [4.78, 5) is 12.4. The Labute approximate surface area is 131 Å². The van der Waals surface area contributed by atoms with E-state index in [0.29, 0.717) is 42.7 Å². The van der Waals surface area contributed by atoms with Gasteiger partial charge < -0.3 is 11.1 Å². The predicted molar refractivity (Wildman–Crippen MR) is 89.9 cm³/mol. The maximum atomic E-state index is 12.4. The van der Waals surface area contributed by atoms with Crippen molar-refractivity contribution in [1.29, 1.82) is 0 Å². The van der Waals surface area contributed by atoms with Gasteiger partial charge in [-0.3, -0.25) is 4.79 Å². The summed E-state index contributed by atoms with van der Waals surface area (Å²) in [6, 6.07) is 0.360. The molecule has 124 valence electrons. The van der Waals surface area contributed by atoms with Crippen LogP contribution in [0.25, 0.3) is 0 Å². The first kappa shape index (κ1) is 18.5. The zero-order valence-electron chi connectivity index (χ0n) is 14.7. The number of nitrogens with two attached hydrogens (primary N) is 1. The van der Waals surface area contributed by atoms with E-state index in [4.69, 9.17) is 5.73 Å². The molecule has 0 heterocycles. The van der Waals surface area contributed by atoms with Crippen LogP contribution in [-0.2, 0) is 4.79 Å². The van der Waals surface area contributed by atoms with Crippen LogP contribution in [0.1, 0.15) is 66.7 Å². The van der Waals surface area contributed by atoms with Gasteiger partial charge in [0.1, 0.15) is 0 Å². The highest BCUT2D eigenvalue weighted by atomic mass is 16.1. The maximum absolute atomic E-state index is 12.4. The molecule has 3 nitrogen and oxygen atoms in total. The van der Waals surface area contributed by atoms with Gasteiger partial charge in [-0.05, 0) is 55.4 Å². The van der Waals surface area contributed by atoms with E-state index in [1.54, 1.807) is 0 Å². The first-order valence-corrected chi connectivity index (χ1v) is 8.82. The lowest BCUT2D eigenvalue weighted by molar-refractivity contribution is -0.123. The van der Waals surface area contributed by atoms with Crippen LogP contribution >= 0.6 is 0 Å². The number of hydrogen-bond acceptors (Lipinski definition) is 2.